The molecule has 0 spiro atoms. The maximum absolute atomic E-state index is 13.0. The lowest BCUT2D eigenvalue weighted by Crippen LogP contribution is -2.12. The van der Waals surface area contributed by atoms with Gasteiger partial charge in [-0.1, -0.05) is 18.2 Å². The highest BCUT2D eigenvalue weighted by Crippen LogP contribution is 2.35. The molecule has 1 amide bonds. The summed E-state index contributed by atoms with van der Waals surface area (Å²) in [5.74, 6) is -2.95. The van der Waals surface area contributed by atoms with Crippen LogP contribution in [0.2, 0.25) is 0 Å². The molecule has 7 nitrogen and oxygen atoms in total. The third-order valence-electron chi connectivity index (χ3n) is 3.53. The van der Waals surface area contributed by atoms with Gasteiger partial charge in [-0.25, -0.2) is 8.78 Å². The number of hydrogen-bond acceptors (Lipinski definition) is 5. The standard InChI is InChI=1S/C8H5FN2O2.C8H4FNO2/c9-5-3-1-2-4-6(5)10-8(12)7(4)11-13;9-5-3-1-2-4-6(5)10-8(12)7(4)11/h1-3,10,12H;1-3H,(H,10,11,12). The lowest BCUT2D eigenvalue weighted by Gasteiger charge is -1.95. The van der Waals surface area contributed by atoms with Crippen LogP contribution in [0, 0.1) is 16.5 Å². The van der Waals surface area contributed by atoms with E-state index in [1.807, 2.05) is 0 Å². The topological polar surface area (TPSA) is 112 Å². The van der Waals surface area contributed by atoms with Crippen molar-refractivity contribution >= 4 is 34.0 Å². The number of nitroso groups, excluding NO2 is 1. The van der Waals surface area contributed by atoms with Crippen LogP contribution in [0.3, 0.4) is 0 Å². The van der Waals surface area contributed by atoms with Gasteiger partial charge in [-0.2, -0.15) is 0 Å². The predicted molar refractivity (Wildman–Crippen MR) is 84.7 cm³/mol. The third kappa shape index (κ3) is 2.71. The molecule has 0 unspecified atom stereocenters. The second kappa shape index (κ2) is 6.11. The second-order valence-corrected chi connectivity index (χ2v) is 5.02. The highest BCUT2D eigenvalue weighted by molar-refractivity contribution is 6.51. The Morgan fingerprint density at radius 1 is 1.00 bits per heavy atom. The first kappa shape index (κ1) is 16.2. The lowest BCUT2D eigenvalue weighted by molar-refractivity contribution is -0.112. The number of carbonyl (C=O) groups excluding carboxylic acids is 2. The van der Waals surface area contributed by atoms with E-state index < -0.39 is 29.2 Å². The number of hydrogen-bond donors (Lipinski definition) is 3. The van der Waals surface area contributed by atoms with Gasteiger partial charge in [0.1, 0.15) is 11.6 Å². The van der Waals surface area contributed by atoms with Crippen LogP contribution in [0.15, 0.2) is 41.6 Å². The van der Waals surface area contributed by atoms with Gasteiger partial charge in [-0.15, -0.1) is 4.91 Å². The van der Waals surface area contributed by atoms with E-state index in [-0.39, 0.29) is 27.8 Å². The van der Waals surface area contributed by atoms with E-state index in [1.54, 1.807) is 0 Å². The maximum Gasteiger partial charge on any atom is 0.296 e. The number of aromatic nitrogens is 1. The number of benzene rings is 2. The van der Waals surface area contributed by atoms with Gasteiger partial charge < -0.3 is 15.4 Å². The number of nitrogens with zero attached hydrogens (tertiary/aromatic N) is 1. The number of rotatable bonds is 1. The first-order chi connectivity index (χ1) is 11.9. The minimum Gasteiger partial charge on any atom is -0.493 e. The molecule has 0 saturated heterocycles. The van der Waals surface area contributed by atoms with E-state index in [9.17, 15) is 23.3 Å². The Balaban J connectivity index is 0.000000146. The van der Waals surface area contributed by atoms with Crippen molar-refractivity contribution in [2.45, 2.75) is 0 Å². The second-order valence-electron chi connectivity index (χ2n) is 5.02. The Morgan fingerprint density at radius 2 is 1.68 bits per heavy atom. The van der Waals surface area contributed by atoms with Gasteiger partial charge >= 0.3 is 0 Å². The number of amides is 1. The van der Waals surface area contributed by atoms with E-state index in [0.29, 0.717) is 0 Å². The molecule has 126 valence electrons. The van der Waals surface area contributed by atoms with Crippen molar-refractivity contribution in [1.29, 1.82) is 0 Å². The zero-order valence-corrected chi connectivity index (χ0v) is 12.3. The van der Waals surface area contributed by atoms with Gasteiger partial charge in [0.25, 0.3) is 11.7 Å². The molecule has 1 aliphatic heterocycles. The molecular weight excluding hydrogens is 336 g/mol. The molecule has 25 heavy (non-hydrogen) atoms. The summed E-state index contributed by atoms with van der Waals surface area (Å²) in [4.78, 5) is 34.3. The average molecular weight is 345 g/mol. The first-order valence-electron chi connectivity index (χ1n) is 6.90. The van der Waals surface area contributed by atoms with Crippen LogP contribution in [-0.2, 0) is 4.79 Å². The van der Waals surface area contributed by atoms with Crippen molar-refractivity contribution < 1.29 is 23.5 Å². The van der Waals surface area contributed by atoms with E-state index in [4.69, 9.17) is 5.11 Å². The summed E-state index contributed by atoms with van der Waals surface area (Å²) >= 11 is 0. The van der Waals surface area contributed by atoms with Crippen LogP contribution in [0.5, 0.6) is 5.88 Å². The van der Waals surface area contributed by atoms with Crippen LogP contribution >= 0.6 is 0 Å². The van der Waals surface area contributed by atoms with Crippen LogP contribution in [-0.4, -0.2) is 21.8 Å². The Kier molecular flexibility index (Phi) is 3.97. The summed E-state index contributed by atoms with van der Waals surface area (Å²) in [6, 6.07) is 8.18. The quantitative estimate of drug-likeness (QED) is 0.464. The minimum atomic E-state index is -0.768. The van der Waals surface area contributed by atoms with Crippen LogP contribution in [0.25, 0.3) is 10.9 Å². The number of ketones is 1. The lowest BCUT2D eigenvalue weighted by atomic mass is 10.1. The van der Waals surface area contributed by atoms with Crippen LogP contribution in [0.4, 0.5) is 20.2 Å². The van der Waals surface area contributed by atoms with Gasteiger partial charge in [-0.05, 0) is 23.4 Å². The van der Waals surface area contributed by atoms with E-state index >= 15 is 0 Å². The number of Topliss-reactive ketones (excluding diaryl/α,β-unsaturated/α-hetero) is 1. The summed E-state index contributed by atoms with van der Waals surface area (Å²) in [5.41, 5.74) is 0.0385. The number of para-hydroxylation sites is 2. The van der Waals surface area contributed by atoms with Crippen molar-refractivity contribution in [3.05, 3.63) is 58.5 Å². The van der Waals surface area contributed by atoms with Crippen molar-refractivity contribution in [3.8, 4) is 5.88 Å². The molecule has 9 heteroatoms. The summed E-state index contributed by atoms with van der Waals surface area (Å²) in [7, 11) is 0. The Bertz CT molecular complexity index is 1030. The van der Waals surface area contributed by atoms with Crippen LogP contribution < -0.4 is 5.32 Å². The zero-order valence-electron chi connectivity index (χ0n) is 12.3. The number of aromatic hydroxyl groups is 1. The molecule has 0 atom stereocenters. The molecule has 2 aromatic carbocycles. The van der Waals surface area contributed by atoms with E-state index in [1.165, 1.54) is 36.4 Å². The normalized spacial score (nSPS) is 12.4. The van der Waals surface area contributed by atoms with Gasteiger partial charge in [0.05, 0.1) is 16.8 Å². The molecule has 2 heterocycles. The fraction of sp³-hybridized carbons (Fsp3) is 0. The minimum absolute atomic E-state index is 0.00694. The number of fused-ring (bicyclic) bond motifs is 2. The Morgan fingerprint density at radius 3 is 2.36 bits per heavy atom. The molecule has 4 rings (SSSR count). The maximum atomic E-state index is 13.0. The molecule has 3 aromatic rings. The Hall–Kier alpha value is -3.62. The summed E-state index contributed by atoms with van der Waals surface area (Å²) in [6.07, 6.45) is 0. The fourth-order valence-electron chi connectivity index (χ4n) is 2.38. The zero-order chi connectivity index (χ0) is 18.1. The van der Waals surface area contributed by atoms with Crippen molar-refractivity contribution in [2.24, 2.45) is 5.18 Å². The number of halogens is 2. The largest absolute Gasteiger partial charge is 0.493 e. The van der Waals surface area contributed by atoms with Gasteiger partial charge in [-0.3, -0.25) is 9.59 Å². The molecule has 0 bridgehead atoms. The predicted octanol–water partition coefficient (Wildman–Crippen LogP) is 3.37. The molecule has 1 aliphatic rings. The van der Waals surface area contributed by atoms with Gasteiger partial charge in [0.15, 0.2) is 5.69 Å². The molecule has 0 saturated carbocycles. The van der Waals surface area contributed by atoms with Crippen molar-refractivity contribution in [3.63, 3.8) is 0 Å². The molecule has 0 aliphatic carbocycles. The molecule has 3 N–H and O–H groups in total. The SMILES string of the molecule is O=C1Nc2c(F)cccc2C1=O.O=Nc1c(O)[nH]c2c(F)cccc12. The van der Waals surface area contributed by atoms with Crippen LogP contribution in [0.1, 0.15) is 10.4 Å². The average Bonchev–Trinajstić information content (AvgIpc) is 3.07. The fourth-order valence-corrected chi connectivity index (χ4v) is 2.38. The van der Waals surface area contributed by atoms with Gasteiger partial charge in [0.2, 0.25) is 5.88 Å². The van der Waals surface area contributed by atoms with E-state index in [2.05, 4.69) is 15.5 Å². The highest BCUT2D eigenvalue weighted by Gasteiger charge is 2.29. The number of aromatic amines is 1. The molecule has 1 aromatic heterocycles. The number of carbonyl (C=O) groups is 2. The van der Waals surface area contributed by atoms with Gasteiger partial charge in [0, 0.05) is 5.39 Å². The number of anilines is 1. The summed E-state index contributed by atoms with van der Waals surface area (Å²) in [5, 5.41) is 14.2. The molecule has 0 fully saturated rings. The van der Waals surface area contributed by atoms with Crippen molar-refractivity contribution in [1.82, 2.24) is 4.98 Å². The monoisotopic (exact) mass is 345 g/mol. The third-order valence-corrected chi connectivity index (χ3v) is 3.53. The summed E-state index contributed by atoms with van der Waals surface area (Å²) in [6.45, 7) is 0. The number of nitrogens with one attached hydrogen (secondary N) is 2. The number of H-pyrrole nitrogens is 1. The molecule has 0 radical (unpaired) electrons. The highest BCUT2D eigenvalue weighted by atomic mass is 19.1. The van der Waals surface area contributed by atoms with E-state index in [0.717, 1.165) is 0 Å². The van der Waals surface area contributed by atoms with Crippen molar-refractivity contribution in [2.75, 3.05) is 5.32 Å². The smallest absolute Gasteiger partial charge is 0.296 e. The summed E-state index contributed by atoms with van der Waals surface area (Å²) < 4.78 is 25.9. The molecular formula is C16H9F2N3O4. The Labute approximate surface area is 138 Å². The first-order valence-corrected chi connectivity index (χ1v) is 6.90.